The van der Waals surface area contributed by atoms with Crippen LogP contribution in [0.3, 0.4) is 0 Å². The summed E-state index contributed by atoms with van der Waals surface area (Å²) in [4.78, 5) is 0. The van der Waals surface area contributed by atoms with Crippen molar-refractivity contribution >= 4 is 17.3 Å². The van der Waals surface area contributed by atoms with Crippen molar-refractivity contribution in [2.45, 2.75) is 6.92 Å². The standard InChI is InChI=1S/C22H22N4O3/c1-14-5-8-17(9-6-14)23-22-25-24-20-10-7-15(13-26(20)22)16-11-18(27-2)21(29-4)19(12-16)28-3/h5-13H,1-4H3,(H,23,25). The number of benzene rings is 2. The third kappa shape index (κ3) is 3.54. The monoisotopic (exact) mass is 390 g/mol. The average Bonchev–Trinajstić information content (AvgIpc) is 3.16. The number of pyridine rings is 1. The number of anilines is 2. The lowest BCUT2D eigenvalue weighted by molar-refractivity contribution is 0.324. The predicted octanol–water partition coefficient (Wildman–Crippen LogP) is 4.47. The van der Waals surface area contributed by atoms with Gasteiger partial charge >= 0.3 is 0 Å². The fourth-order valence-corrected chi connectivity index (χ4v) is 3.16. The van der Waals surface area contributed by atoms with Gasteiger partial charge in [-0.1, -0.05) is 17.7 Å². The van der Waals surface area contributed by atoms with Crippen molar-refractivity contribution in [1.82, 2.24) is 14.6 Å². The molecule has 0 aliphatic heterocycles. The van der Waals surface area contributed by atoms with Gasteiger partial charge in [-0.05, 0) is 54.4 Å². The maximum absolute atomic E-state index is 5.48. The molecule has 0 aliphatic carbocycles. The van der Waals surface area contributed by atoms with Crippen LogP contribution in [0.5, 0.6) is 17.2 Å². The Bertz CT molecular complexity index is 1130. The van der Waals surface area contributed by atoms with Gasteiger partial charge in [0.1, 0.15) is 0 Å². The second-order valence-electron chi connectivity index (χ2n) is 6.57. The molecule has 1 N–H and O–H groups in total. The molecule has 0 bridgehead atoms. The van der Waals surface area contributed by atoms with E-state index in [4.69, 9.17) is 14.2 Å². The number of nitrogens with one attached hydrogen (secondary N) is 1. The summed E-state index contributed by atoms with van der Waals surface area (Å²) in [5.41, 5.74) is 4.78. The van der Waals surface area contributed by atoms with Gasteiger partial charge in [0, 0.05) is 11.9 Å². The van der Waals surface area contributed by atoms with Gasteiger partial charge in [-0.2, -0.15) is 0 Å². The van der Waals surface area contributed by atoms with Crippen molar-refractivity contribution in [3.8, 4) is 28.4 Å². The molecule has 2 aromatic heterocycles. The van der Waals surface area contributed by atoms with Crippen molar-refractivity contribution in [1.29, 1.82) is 0 Å². The van der Waals surface area contributed by atoms with Crippen LogP contribution in [0.1, 0.15) is 5.56 Å². The van der Waals surface area contributed by atoms with E-state index in [1.807, 2.05) is 59.1 Å². The van der Waals surface area contributed by atoms with Crippen molar-refractivity contribution in [2.75, 3.05) is 26.6 Å². The molecule has 0 amide bonds. The van der Waals surface area contributed by atoms with Crippen LogP contribution in [-0.2, 0) is 0 Å². The highest BCUT2D eigenvalue weighted by molar-refractivity contribution is 5.72. The number of methoxy groups -OCH3 is 3. The normalized spacial score (nSPS) is 10.8. The topological polar surface area (TPSA) is 69.9 Å². The Balaban J connectivity index is 1.76. The number of aromatic nitrogens is 3. The van der Waals surface area contributed by atoms with Gasteiger partial charge in [-0.15, -0.1) is 10.2 Å². The lowest BCUT2D eigenvalue weighted by atomic mass is 10.1. The fraction of sp³-hybridized carbons (Fsp3) is 0.182. The molecular formula is C22H22N4O3. The first-order valence-corrected chi connectivity index (χ1v) is 9.12. The lowest BCUT2D eigenvalue weighted by Crippen LogP contribution is -1.98. The highest BCUT2D eigenvalue weighted by atomic mass is 16.5. The van der Waals surface area contributed by atoms with Crippen LogP contribution in [0.15, 0.2) is 54.7 Å². The van der Waals surface area contributed by atoms with Crippen LogP contribution >= 0.6 is 0 Å². The van der Waals surface area contributed by atoms with Gasteiger partial charge in [0.05, 0.1) is 21.3 Å². The van der Waals surface area contributed by atoms with Gasteiger partial charge in [-0.3, -0.25) is 4.40 Å². The molecule has 148 valence electrons. The zero-order valence-electron chi connectivity index (χ0n) is 16.8. The Morgan fingerprint density at radius 1 is 0.793 bits per heavy atom. The van der Waals surface area contributed by atoms with Crippen LogP contribution in [0.25, 0.3) is 16.8 Å². The molecule has 4 rings (SSSR count). The predicted molar refractivity (Wildman–Crippen MR) is 113 cm³/mol. The van der Waals surface area contributed by atoms with Crippen LogP contribution in [0, 0.1) is 6.92 Å². The maximum atomic E-state index is 5.48. The zero-order chi connectivity index (χ0) is 20.4. The summed E-state index contributed by atoms with van der Waals surface area (Å²) in [6, 6.07) is 15.9. The fourth-order valence-electron chi connectivity index (χ4n) is 3.16. The minimum absolute atomic E-state index is 0.561. The molecular weight excluding hydrogens is 368 g/mol. The summed E-state index contributed by atoms with van der Waals surface area (Å²) in [6.45, 7) is 2.06. The molecule has 0 fully saturated rings. The van der Waals surface area contributed by atoms with Crippen molar-refractivity contribution < 1.29 is 14.2 Å². The first-order chi connectivity index (χ1) is 14.1. The van der Waals surface area contributed by atoms with E-state index in [0.29, 0.717) is 23.2 Å². The van der Waals surface area contributed by atoms with Crippen LogP contribution in [-0.4, -0.2) is 35.9 Å². The van der Waals surface area contributed by atoms with Crippen LogP contribution in [0.4, 0.5) is 11.6 Å². The molecule has 0 saturated carbocycles. The molecule has 0 radical (unpaired) electrons. The molecule has 0 aliphatic rings. The van der Waals surface area contributed by atoms with Gasteiger partial charge in [-0.25, -0.2) is 0 Å². The number of hydrogen-bond donors (Lipinski definition) is 1. The van der Waals surface area contributed by atoms with E-state index in [1.54, 1.807) is 21.3 Å². The van der Waals surface area contributed by atoms with E-state index in [9.17, 15) is 0 Å². The summed E-state index contributed by atoms with van der Waals surface area (Å²) >= 11 is 0. The molecule has 7 nitrogen and oxygen atoms in total. The molecule has 0 unspecified atom stereocenters. The highest BCUT2D eigenvalue weighted by Crippen LogP contribution is 2.41. The van der Waals surface area contributed by atoms with Crippen molar-refractivity contribution in [3.05, 3.63) is 60.3 Å². The third-order valence-electron chi connectivity index (χ3n) is 4.71. The first-order valence-electron chi connectivity index (χ1n) is 9.12. The van der Waals surface area contributed by atoms with Crippen LogP contribution in [0.2, 0.25) is 0 Å². The van der Waals surface area contributed by atoms with Gasteiger partial charge in [0.15, 0.2) is 17.1 Å². The number of rotatable bonds is 6. The quantitative estimate of drug-likeness (QED) is 0.524. The molecule has 4 aromatic rings. The summed E-state index contributed by atoms with van der Waals surface area (Å²) in [6.07, 6.45) is 1.98. The molecule has 0 saturated heterocycles. The number of aryl methyl sites for hydroxylation is 1. The van der Waals surface area contributed by atoms with E-state index < -0.39 is 0 Å². The van der Waals surface area contributed by atoms with E-state index in [-0.39, 0.29) is 0 Å². The van der Waals surface area contributed by atoms with E-state index in [2.05, 4.69) is 22.4 Å². The highest BCUT2D eigenvalue weighted by Gasteiger charge is 2.15. The Kier molecular flexibility index (Phi) is 4.95. The minimum atomic E-state index is 0.561. The van der Waals surface area contributed by atoms with E-state index in [0.717, 1.165) is 22.5 Å². The smallest absolute Gasteiger partial charge is 0.233 e. The average molecular weight is 390 g/mol. The number of hydrogen-bond acceptors (Lipinski definition) is 6. The summed E-state index contributed by atoms with van der Waals surface area (Å²) in [5, 5.41) is 11.8. The second-order valence-corrected chi connectivity index (χ2v) is 6.57. The molecule has 2 heterocycles. The van der Waals surface area contributed by atoms with Gasteiger partial charge in [0.25, 0.3) is 0 Å². The van der Waals surface area contributed by atoms with Crippen molar-refractivity contribution in [3.63, 3.8) is 0 Å². The van der Waals surface area contributed by atoms with Gasteiger partial charge in [0.2, 0.25) is 11.7 Å². The molecule has 2 aromatic carbocycles. The number of nitrogens with zero attached hydrogens (tertiary/aromatic N) is 3. The van der Waals surface area contributed by atoms with E-state index in [1.165, 1.54) is 5.56 Å². The molecule has 0 spiro atoms. The lowest BCUT2D eigenvalue weighted by Gasteiger charge is -2.14. The molecule has 7 heteroatoms. The Morgan fingerprint density at radius 2 is 1.48 bits per heavy atom. The maximum Gasteiger partial charge on any atom is 0.233 e. The number of ether oxygens (including phenoxy) is 3. The van der Waals surface area contributed by atoms with E-state index >= 15 is 0 Å². The summed E-state index contributed by atoms with van der Waals surface area (Å²) in [7, 11) is 4.80. The molecule has 29 heavy (non-hydrogen) atoms. The summed E-state index contributed by atoms with van der Waals surface area (Å²) in [5.74, 6) is 2.40. The minimum Gasteiger partial charge on any atom is -0.493 e. The van der Waals surface area contributed by atoms with Crippen molar-refractivity contribution in [2.24, 2.45) is 0 Å². The van der Waals surface area contributed by atoms with Crippen LogP contribution < -0.4 is 19.5 Å². The summed E-state index contributed by atoms with van der Waals surface area (Å²) < 4.78 is 18.3. The largest absolute Gasteiger partial charge is 0.493 e. The van der Waals surface area contributed by atoms with Gasteiger partial charge < -0.3 is 19.5 Å². The Morgan fingerprint density at radius 3 is 2.10 bits per heavy atom. The first kappa shape index (κ1) is 18.6. The second kappa shape index (κ2) is 7.71. The Hall–Kier alpha value is -3.74. The SMILES string of the molecule is COc1cc(-c2ccc3nnc(Nc4ccc(C)cc4)n3c2)cc(OC)c1OC. The molecule has 0 atom stereocenters. The third-order valence-corrected chi connectivity index (χ3v) is 4.71. The number of fused-ring (bicyclic) bond motifs is 1. The Labute approximate surface area is 168 Å². The zero-order valence-corrected chi connectivity index (χ0v) is 16.8.